The van der Waals surface area contributed by atoms with Crippen molar-refractivity contribution in [2.75, 3.05) is 6.61 Å². The van der Waals surface area contributed by atoms with Gasteiger partial charge in [0.05, 0.1) is 22.7 Å². The van der Waals surface area contributed by atoms with E-state index in [-0.39, 0.29) is 11.5 Å². The molecule has 0 unspecified atom stereocenters. The highest BCUT2D eigenvalue weighted by Gasteiger charge is 2.12. The Morgan fingerprint density at radius 2 is 1.36 bits per heavy atom. The molecule has 39 heavy (non-hydrogen) atoms. The number of nitro groups is 1. The van der Waals surface area contributed by atoms with E-state index in [2.05, 4.69) is 6.92 Å². The van der Waals surface area contributed by atoms with Crippen LogP contribution in [0.5, 0.6) is 11.5 Å². The number of ketones is 1. The van der Waals surface area contributed by atoms with E-state index in [1.54, 1.807) is 42.5 Å². The van der Waals surface area contributed by atoms with E-state index >= 15 is 0 Å². The molecule has 0 radical (unpaired) electrons. The van der Waals surface area contributed by atoms with E-state index in [9.17, 15) is 19.7 Å². The van der Waals surface area contributed by atoms with E-state index in [1.807, 2.05) is 0 Å². The molecule has 0 N–H and O–H groups in total. The van der Waals surface area contributed by atoms with Gasteiger partial charge in [0.15, 0.2) is 5.78 Å². The smallest absolute Gasteiger partial charge is 0.343 e. The zero-order valence-electron chi connectivity index (χ0n) is 22.3. The summed E-state index contributed by atoms with van der Waals surface area (Å²) in [4.78, 5) is 35.6. The number of hydrogen-bond acceptors (Lipinski definition) is 6. The Kier molecular flexibility index (Phi) is 11.9. The molecular weight excluding hydrogens is 494 g/mol. The van der Waals surface area contributed by atoms with Crippen LogP contribution in [0.15, 0.2) is 78.9 Å². The van der Waals surface area contributed by atoms with Crippen molar-refractivity contribution < 1.29 is 24.0 Å². The van der Waals surface area contributed by atoms with E-state index in [1.165, 1.54) is 81.0 Å². The molecule has 0 aliphatic carbocycles. The number of nitrogens with zero attached hydrogens (tertiary/aromatic N) is 1. The summed E-state index contributed by atoms with van der Waals surface area (Å²) in [6.45, 7) is 2.88. The molecular formula is C32H35NO6. The molecule has 0 aromatic heterocycles. The fourth-order valence-electron chi connectivity index (χ4n) is 4.02. The number of ether oxygens (including phenoxy) is 2. The molecule has 204 valence electrons. The number of unbranched alkanes of at least 4 members (excludes halogenated alkanes) is 7. The Bertz CT molecular complexity index is 1250. The molecule has 0 amide bonds. The van der Waals surface area contributed by atoms with E-state index in [4.69, 9.17) is 9.47 Å². The van der Waals surface area contributed by atoms with Gasteiger partial charge in [0, 0.05) is 11.6 Å². The van der Waals surface area contributed by atoms with Crippen molar-refractivity contribution in [1.82, 2.24) is 0 Å². The average Bonchev–Trinajstić information content (AvgIpc) is 2.95. The van der Waals surface area contributed by atoms with Gasteiger partial charge in [-0.05, 0) is 73.2 Å². The standard InChI is InChI=1S/C32H35NO6/c1-2-3-4-5-6-7-8-11-24-38-28-19-16-27(17-20-28)32(35)39-29-21-14-26(15-22-29)31(34)23-18-25-12-9-10-13-30(25)33(36)37/h9-10,12-23H,2-8,11,24H2,1H3/b23-18+. The molecule has 3 aromatic carbocycles. The molecule has 3 aromatic rings. The molecule has 0 atom stereocenters. The quantitative estimate of drug-likeness (QED) is 0.0353. The molecule has 0 aliphatic heterocycles. The van der Waals surface area contributed by atoms with Gasteiger partial charge < -0.3 is 9.47 Å². The molecule has 0 aliphatic rings. The summed E-state index contributed by atoms with van der Waals surface area (Å²) < 4.78 is 11.2. The van der Waals surface area contributed by atoms with Crippen molar-refractivity contribution in [2.24, 2.45) is 0 Å². The van der Waals surface area contributed by atoms with Crippen LogP contribution in [0.2, 0.25) is 0 Å². The van der Waals surface area contributed by atoms with Gasteiger partial charge in [-0.2, -0.15) is 0 Å². The lowest BCUT2D eigenvalue weighted by atomic mass is 10.1. The van der Waals surface area contributed by atoms with Crippen LogP contribution in [0.3, 0.4) is 0 Å². The van der Waals surface area contributed by atoms with Crippen molar-refractivity contribution in [1.29, 1.82) is 0 Å². The third-order valence-electron chi connectivity index (χ3n) is 6.25. The molecule has 0 saturated carbocycles. The van der Waals surface area contributed by atoms with E-state index < -0.39 is 10.9 Å². The summed E-state index contributed by atoms with van der Waals surface area (Å²) in [5.74, 6) is 0.175. The molecule has 0 spiro atoms. The first-order valence-electron chi connectivity index (χ1n) is 13.5. The maximum Gasteiger partial charge on any atom is 0.343 e. The number of carbonyl (C=O) groups excluding carboxylic acids is 2. The predicted molar refractivity (Wildman–Crippen MR) is 152 cm³/mol. The van der Waals surface area contributed by atoms with Crippen LogP contribution in [-0.4, -0.2) is 23.3 Å². The molecule has 0 heterocycles. The molecule has 3 rings (SSSR count). The largest absolute Gasteiger partial charge is 0.494 e. The molecule has 7 nitrogen and oxygen atoms in total. The normalized spacial score (nSPS) is 10.9. The Morgan fingerprint density at radius 3 is 2.03 bits per heavy atom. The Labute approximate surface area is 229 Å². The van der Waals surface area contributed by atoms with Crippen LogP contribution in [0.25, 0.3) is 6.08 Å². The van der Waals surface area contributed by atoms with Gasteiger partial charge in [-0.25, -0.2) is 4.79 Å². The monoisotopic (exact) mass is 529 g/mol. The summed E-state index contributed by atoms with van der Waals surface area (Å²) in [5, 5.41) is 11.1. The van der Waals surface area contributed by atoms with Crippen LogP contribution < -0.4 is 9.47 Å². The number of hydrogen-bond donors (Lipinski definition) is 0. The first-order chi connectivity index (χ1) is 19.0. The third-order valence-corrected chi connectivity index (χ3v) is 6.25. The van der Waals surface area contributed by atoms with Gasteiger partial charge in [-0.3, -0.25) is 14.9 Å². The Morgan fingerprint density at radius 1 is 0.769 bits per heavy atom. The van der Waals surface area contributed by atoms with Crippen molar-refractivity contribution in [3.05, 3.63) is 106 Å². The lowest BCUT2D eigenvalue weighted by Crippen LogP contribution is -2.08. The zero-order valence-corrected chi connectivity index (χ0v) is 22.3. The summed E-state index contributed by atoms with van der Waals surface area (Å²) in [6, 6.07) is 19.2. The minimum atomic E-state index is -0.514. The first kappa shape index (κ1) is 29.3. The fraction of sp³-hybridized carbons (Fsp3) is 0.312. The van der Waals surface area contributed by atoms with E-state index in [0.717, 1.165) is 12.8 Å². The van der Waals surface area contributed by atoms with Gasteiger partial charge >= 0.3 is 5.97 Å². The summed E-state index contributed by atoms with van der Waals surface area (Å²) in [6.07, 6.45) is 12.6. The number of esters is 1. The lowest BCUT2D eigenvalue weighted by molar-refractivity contribution is -0.385. The molecule has 7 heteroatoms. The number of para-hydroxylation sites is 1. The second-order valence-electron chi connectivity index (χ2n) is 9.28. The van der Waals surface area contributed by atoms with Crippen LogP contribution in [-0.2, 0) is 0 Å². The van der Waals surface area contributed by atoms with Gasteiger partial charge in [0.1, 0.15) is 11.5 Å². The highest BCUT2D eigenvalue weighted by molar-refractivity contribution is 6.07. The summed E-state index contributed by atoms with van der Waals surface area (Å²) in [7, 11) is 0. The number of rotatable bonds is 16. The van der Waals surface area contributed by atoms with Gasteiger partial charge in [0.25, 0.3) is 5.69 Å². The van der Waals surface area contributed by atoms with Gasteiger partial charge in [-0.15, -0.1) is 0 Å². The molecule has 0 saturated heterocycles. The lowest BCUT2D eigenvalue weighted by Gasteiger charge is -2.08. The fourth-order valence-corrected chi connectivity index (χ4v) is 4.02. The minimum absolute atomic E-state index is 0.0769. The molecule has 0 bridgehead atoms. The van der Waals surface area contributed by atoms with Gasteiger partial charge in [-0.1, -0.05) is 64.0 Å². The SMILES string of the molecule is CCCCCCCCCCOc1ccc(C(=O)Oc2ccc(C(=O)/C=C/c3ccccc3[N+](=O)[O-])cc2)cc1. The summed E-state index contributed by atoms with van der Waals surface area (Å²) >= 11 is 0. The second-order valence-corrected chi connectivity index (χ2v) is 9.28. The van der Waals surface area contributed by atoms with Crippen molar-refractivity contribution in [2.45, 2.75) is 58.3 Å². The maximum atomic E-state index is 12.5. The third kappa shape index (κ3) is 9.85. The number of nitro benzene ring substituents is 1. The number of benzene rings is 3. The van der Waals surface area contributed by atoms with E-state index in [0.29, 0.717) is 34.8 Å². The summed E-state index contributed by atoms with van der Waals surface area (Å²) in [5.41, 5.74) is 1.02. The van der Waals surface area contributed by atoms with Crippen LogP contribution in [0, 0.1) is 10.1 Å². The van der Waals surface area contributed by atoms with Crippen LogP contribution in [0.1, 0.15) is 84.6 Å². The first-order valence-corrected chi connectivity index (χ1v) is 13.5. The Balaban J connectivity index is 1.43. The Hall–Kier alpha value is -4.26. The topological polar surface area (TPSA) is 95.7 Å². The number of carbonyl (C=O) groups is 2. The van der Waals surface area contributed by atoms with Crippen LogP contribution >= 0.6 is 0 Å². The molecule has 0 fully saturated rings. The maximum absolute atomic E-state index is 12.5. The minimum Gasteiger partial charge on any atom is -0.494 e. The van der Waals surface area contributed by atoms with Gasteiger partial charge in [0.2, 0.25) is 0 Å². The number of allylic oxidation sites excluding steroid dienone is 1. The highest BCUT2D eigenvalue weighted by Crippen LogP contribution is 2.21. The highest BCUT2D eigenvalue weighted by atomic mass is 16.6. The van der Waals surface area contributed by atoms with Crippen molar-refractivity contribution in [3.63, 3.8) is 0 Å². The van der Waals surface area contributed by atoms with Crippen molar-refractivity contribution in [3.8, 4) is 11.5 Å². The van der Waals surface area contributed by atoms with Crippen molar-refractivity contribution >= 4 is 23.5 Å². The second kappa shape index (κ2) is 15.9. The average molecular weight is 530 g/mol. The zero-order chi connectivity index (χ0) is 27.9. The predicted octanol–water partition coefficient (Wildman–Crippen LogP) is 8.23. The van der Waals surface area contributed by atoms with Crippen LogP contribution in [0.4, 0.5) is 5.69 Å².